The van der Waals surface area contributed by atoms with Gasteiger partial charge in [-0.15, -0.1) is 0 Å². The summed E-state index contributed by atoms with van der Waals surface area (Å²) in [5, 5.41) is 9.89. The van der Waals surface area contributed by atoms with E-state index in [9.17, 15) is 14.7 Å². The van der Waals surface area contributed by atoms with Gasteiger partial charge in [-0.3, -0.25) is 0 Å². The van der Waals surface area contributed by atoms with Crippen molar-refractivity contribution >= 4 is 11.9 Å². The molecule has 0 aliphatic rings. The van der Waals surface area contributed by atoms with Gasteiger partial charge in [0.15, 0.2) is 5.75 Å². The van der Waals surface area contributed by atoms with Crippen LogP contribution < -0.4 is 0 Å². The maximum Gasteiger partial charge on any atom is 0.355 e. The summed E-state index contributed by atoms with van der Waals surface area (Å²) in [6.45, 7) is 3.63. The van der Waals surface area contributed by atoms with Crippen molar-refractivity contribution in [3.63, 3.8) is 0 Å². The Labute approximate surface area is 98.5 Å². The first-order valence-corrected chi connectivity index (χ1v) is 5.05. The molecular formula is C11H15NO5. The van der Waals surface area contributed by atoms with E-state index in [2.05, 4.69) is 14.5 Å². The molecule has 0 saturated carbocycles. The molecule has 6 heteroatoms. The zero-order valence-corrected chi connectivity index (χ0v) is 10.2. The molecule has 0 atom stereocenters. The molecule has 0 spiro atoms. The molecule has 0 aromatic carbocycles. The van der Waals surface area contributed by atoms with E-state index in [4.69, 9.17) is 0 Å². The van der Waals surface area contributed by atoms with Crippen molar-refractivity contribution < 1.29 is 24.2 Å². The van der Waals surface area contributed by atoms with Crippen LogP contribution in [0.2, 0.25) is 0 Å². The minimum absolute atomic E-state index is 0.0724. The summed E-state index contributed by atoms with van der Waals surface area (Å²) in [5.41, 5.74) is 0.106. The van der Waals surface area contributed by atoms with Crippen LogP contribution in [0.4, 0.5) is 0 Å². The van der Waals surface area contributed by atoms with E-state index in [1.807, 2.05) is 13.8 Å². The SMILES string of the molecule is COC(=O)c1[nH]c(C(C)C)c(O)c1C(=O)OC. The highest BCUT2D eigenvalue weighted by Gasteiger charge is 2.29. The summed E-state index contributed by atoms with van der Waals surface area (Å²) in [4.78, 5) is 25.7. The first-order chi connectivity index (χ1) is 7.93. The molecule has 1 aromatic rings. The average Bonchev–Trinajstić information content (AvgIpc) is 2.65. The first-order valence-electron chi connectivity index (χ1n) is 5.05. The number of hydrogen-bond donors (Lipinski definition) is 2. The maximum absolute atomic E-state index is 11.5. The molecule has 0 unspecified atom stereocenters. The second kappa shape index (κ2) is 4.90. The van der Waals surface area contributed by atoms with Gasteiger partial charge in [-0.05, 0) is 5.92 Å². The third kappa shape index (κ3) is 2.25. The van der Waals surface area contributed by atoms with Crippen molar-refractivity contribution in [3.05, 3.63) is 17.0 Å². The molecule has 0 fully saturated rings. The first kappa shape index (κ1) is 13.1. The third-order valence-corrected chi connectivity index (χ3v) is 2.36. The van der Waals surface area contributed by atoms with Crippen LogP contribution in [-0.4, -0.2) is 36.2 Å². The van der Waals surface area contributed by atoms with Crippen molar-refractivity contribution in [2.45, 2.75) is 19.8 Å². The summed E-state index contributed by atoms with van der Waals surface area (Å²) in [6, 6.07) is 0. The number of methoxy groups -OCH3 is 2. The lowest BCUT2D eigenvalue weighted by Gasteiger charge is -2.02. The largest absolute Gasteiger partial charge is 0.505 e. The molecule has 0 radical (unpaired) electrons. The van der Waals surface area contributed by atoms with Crippen LogP contribution in [0, 0.1) is 0 Å². The molecule has 1 rings (SSSR count). The van der Waals surface area contributed by atoms with Gasteiger partial charge in [-0.1, -0.05) is 13.8 Å². The second-order valence-corrected chi connectivity index (χ2v) is 3.78. The second-order valence-electron chi connectivity index (χ2n) is 3.78. The number of esters is 2. The molecular weight excluding hydrogens is 226 g/mol. The predicted octanol–water partition coefficient (Wildman–Crippen LogP) is 1.42. The van der Waals surface area contributed by atoms with E-state index in [0.29, 0.717) is 5.69 Å². The maximum atomic E-state index is 11.5. The lowest BCUT2D eigenvalue weighted by Crippen LogP contribution is -2.10. The standard InChI is InChI=1S/C11H15NO5/c1-5(2)7-9(13)6(10(14)16-3)8(12-7)11(15)17-4/h5,12-13H,1-4H3. The highest BCUT2D eigenvalue weighted by molar-refractivity contribution is 6.04. The quantitative estimate of drug-likeness (QED) is 0.781. The Hall–Kier alpha value is -1.98. The zero-order chi connectivity index (χ0) is 13.2. The van der Waals surface area contributed by atoms with Crippen molar-refractivity contribution in [1.82, 2.24) is 4.98 Å². The lowest BCUT2D eigenvalue weighted by atomic mass is 10.1. The van der Waals surface area contributed by atoms with Gasteiger partial charge in [-0.2, -0.15) is 0 Å². The molecule has 94 valence electrons. The molecule has 0 amide bonds. The van der Waals surface area contributed by atoms with Gasteiger partial charge in [0.2, 0.25) is 0 Å². The monoisotopic (exact) mass is 241 g/mol. The van der Waals surface area contributed by atoms with E-state index in [-0.39, 0.29) is 22.9 Å². The Morgan fingerprint density at radius 3 is 2.12 bits per heavy atom. The number of carbonyl (C=O) groups is 2. The van der Waals surface area contributed by atoms with Gasteiger partial charge >= 0.3 is 11.9 Å². The minimum Gasteiger partial charge on any atom is -0.505 e. The lowest BCUT2D eigenvalue weighted by molar-refractivity contribution is 0.0550. The Morgan fingerprint density at radius 2 is 1.71 bits per heavy atom. The molecule has 0 bridgehead atoms. The van der Waals surface area contributed by atoms with Gasteiger partial charge in [0.05, 0.1) is 19.9 Å². The van der Waals surface area contributed by atoms with Gasteiger partial charge < -0.3 is 19.6 Å². The molecule has 0 aliphatic carbocycles. The smallest absolute Gasteiger partial charge is 0.355 e. The van der Waals surface area contributed by atoms with Gasteiger partial charge in [0.25, 0.3) is 0 Å². The van der Waals surface area contributed by atoms with E-state index < -0.39 is 11.9 Å². The average molecular weight is 241 g/mol. The van der Waals surface area contributed by atoms with Crippen molar-refractivity contribution in [2.75, 3.05) is 14.2 Å². The Morgan fingerprint density at radius 1 is 1.18 bits per heavy atom. The van der Waals surface area contributed by atoms with Crippen LogP contribution >= 0.6 is 0 Å². The number of ether oxygens (including phenoxy) is 2. The van der Waals surface area contributed by atoms with Crippen molar-refractivity contribution in [2.24, 2.45) is 0 Å². The number of aromatic nitrogens is 1. The molecule has 17 heavy (non-hydrogen) atoms. The van der Waals surface area contributed by atoms with E-state index >= 15 is 0 Å². The van der Waals surface area contributed by atoms with Gasteiger partial charge in [-0.25, -0.2) is 9.59 Å². The van der Waals surface area contributed by atoms with Crippen LogP contribution in [-0.2, 0) is 9.47 Å². The van der Waals surface area contributed by atoms with Crippen molar-refractivity contribution in [1.29, 1.82) is 0 Å². The topological polar surface area (TPSA) is 88.6 Å². The number of carbonyl (C=O) groups excluding carboxylic acids is 2. The van der Waals surface area contributed by atoms with Crippen LogP contribution in [0.15, 0.2) is 0 Å². The number of rotatable bonds is 3. The van der Waals surface area contributed by atoms with Crippen LogP contribution in [0.3, 0.4) is 0 Å². The fraction of sp³-hybridized carbons (Fsp3) is 0.455. The minimum atomic E-state index is -0.786. The highest BCUT2D eigenvalue weighted by Crippen LogP contribution is 2.32. The number of aromatic hydroxyl groups is 1. The summed E-state index contributed by atoms with van der Waals surface area (Å²) in [7, 11) is 2.36. The number of hydrogen-bond acceptors (Lipinski definition) is 5. The Bertz CT molecular complexity index is 447. The van der Waals surface area contributed by atoms with E-state index in [1.165, 1.54) is 14.2 Å². The Kier molecular flexibility index (Phi) is 3.77. The molecule has 6 nitrogen and oxygen atoms in total. The third-order valence-electron chi connectivity index (χ3n) is 2.36. The molecule has 0 aliphatic heterocycles. The number of H-pyrrole nitrogens is 1. The number of aromatic amines is 1. The van der Waals surface area contributed by atoms with E-state index in [0.717, 1.165) is 0 Å². The number of nitrogens with one attached hydrogen (secondary N) is 1. The summed E-state index contributed by atoms with van der Waals surface area (Å²) in [5.74, 6) is -1.86. The highest BCUT2D eigenvalue weighted by atomic mass is 16.5. The van der Waals surface area contributed by atoms with Crippen molar-refractivity contribution in [3.8, 4) is 5.75 Å². The Balaban J connectivity index is 3.42. The normalized spacial score (nSPS) is 10.4. The summed E-state index contributed by atoms with van der Waals surface area (Å²) >= 11 is 0. The predicted molar refractivity (Wildman–Crippen MR) is 59.2 cm³/mol. The molecule has 2 N–H and O–H groups in total. The van der Waals surface area contributed by atoms with Crippen LogP contribution in [0.5, 0.6) is 5.75 Å². The van der Waals surface area contributed by atoms with Gasteiger partial charge in [0.1, 0.15) is 11.3 Å². The molecule has 1 aromatic heterocycles. The van der Waals surface area contributed by atoms with E-state index in [1.54, 1.807) is 0 Å². The van der Waals surface area contributed by atoms with Gasteiger partial charge in [0, 0.05) is 0 Å². The van der Waals surface area contributed by atoms with Crippen LogP contribution in [0.1, 0.15) is 46.3 Å². The zero-order valence-electron chi connectivity index (χ0n) is 10.2. The summed E-state index contributed by atoms with van der Waals surface area (Å²) < 4.78 is 9.05. The molecule has 0 saturated heterocycles. The molecule has 1 heterocycles. The van der Waals surface area contributed by atoms with Crippen LogP contribution in [0.25, 0.3) is 0 Å². The fourth-order valence-corrected chi connectivity index (χ4v) is 1.48. The summed E-state index contributed by atoms with van der Waals surface area (Å²) in [6.07, 6.45) is 0. The fourth-order valence-electron chi connectivity index (χ4n) is 1.48.